The van der Waals surface area contributed by atoms with Gasteiger partial charge < -0.3 is 10.4 Å². The van der Waals surface area contributed by atoms with Crippen molar-refractivity contribution in [2.45, 2.75) is 12.8 Å². The molecule has 2 N–H and O–H groups in total. The predicted octanol–water partition coefficient (Wildman–Crippen LogP) is 4.68. The molecule has 0 radical (unpaired) electrons. The van der Waals surface area contributed by atoms with E-state index in [0.29, 0.717) is 5.69 Å². The molecule has 4 rings (SSSR count). The minimum Gasteiger partial charge on any atom is -0.510 e. The molecule has 122 valence electrons. The summed E-state index contributed by atoms with van der Waals surface area (Å²) in [5.74, 6) is -0.692. The van der Waals surface area contributed by atoms with Gasteiger partial charge in [-0.1, -0.05) is 30.3 Å². The van der Waals surface area contributed by atoms with Gasteiger partial charge in [0.15, 0.2) is 5.57 Å². The Hall–Kier alpha value is -3.32. The molecule has 1 amide bonds. The first kappa shape index (κ1) is 15.2. The molecule has 0 aliphatic heterocycles. The number of allylic oxidation sites excluding steroid dienone is 1. The lowest BCUT2D eigenvalue weighted by Gasteiger charge is -2.08. The van der Waals surface area contributed by atoms with Gasteiger partial charge in [-0.3, -0.25) is 4.79 Å². The third kappa shape index (κ3) is 2.92. The fourth-order valence-electron chi connectivity index (χ4n) is 3.00. The van der Waals surface area contributed by atoms with Crippen molar-refractivity contribution in [1.29, 1.82) is 5.26 Å². The van der Waals surface area contributed by atoms with Crippen molar-refractivity contribution < 1.29 is 9.90 Å². The summed E-state index contributed by atoms with van der Waals surface area (Å²) >= 11 is 0. The van der Waals surface area contributed by atoms with Crippen LogP contribution in [0.3, 0.4) is 0 Å². The Morgan fingerprint density at radius 2 is 1.64 bits per heavy atom. The Morgan fingerprint density at radius 1 is 1.00 bits per heavy atom. The number of aliphatic hydroxyl groups excluding tert-OH is 1. The van der Waals surface area contributed by atoms with Crippen LogP contribution in [0.5, 0.6) is 0 Å². The summed E-state index contributed by atoms with van der Waals surface area (Å²) in [6, 6.07) is 19.7. The molecular weight excluding hydrogens is 312 g/mol. The zero-order valence-corrected chi connectivity index (χ0v) is 13.5. The molecule has 4 heteroatoms. The van der Waals surface area contributed by atoms with E-state index in [1.54, 1.807) is 6.07 Å². The Bertz CT molecular complexity index is 1070. The molecule has 0 atom stereocenters. The zero-order chi connectivity index (χ0) is 17.4. The maximum atomic E-state index is 12.3. The van der Waals surface area contributed by atoms with Gasteiger partial charge in [-0.15, -0.1) is 0 Å². The molecule has 0 spiro atoms. The number of fused-ring (bicyclic) bond motifs is 2. The minimum atomic E-state index is -0.563. The molecule has 25 heavy (non-hydrogen) atoms. The number of hydrogen-bond acceptors (Lipinski definition) is 3. The minimum absolute atomic E-state index is 0.0385. The van der Waals surface area contributed by atoms with E-state index >= 15 is 0 Å². The average Bonchev–Trinajstić information content (AvgIpc) is 3.45. The number of rotatable bonds is 3. The molecule has 0 saturated heterocycles. The third-order valence-corrected chi connectivity index (χ3v) is 4.52. The molecule has 1 aliphatic rings. The number of nitriles is 1. The molecule has 0 aromatic heterocycles. The topological polar surface area (TPSA) is 73.1 Å². The number of carbonyl (C=O) groups is 1. The standard InChI is InChI=1S/C21H16N2O2/c22-12-19(20(24)13-5-6-13)21(25)23-18-8-7-16-9-14-3-1-2-4-15(14)10-17(16)11-18/h1-4,7-11,13,24H,5-6H2,(H,23,25). The van der Waals surface area contributed by atoms with Crippen LogP contribution < -0.4 is 5.32 Å². The first-order valence-corrected chi connectivity index (χ1v) is 8.23. The molecule has 1 fully saturated rings. The van der Waals surface area contributed by atoms with Gasteiger partial charge in [0.25, 0.3) is 5.91 Å². The van der Waals surface area contributed by atoms with Crippen molar-refractivity contribution in [2.75, 3.05) is 5.32 Å². The monoisotopic (exact) mass is 328 g/mol. The Morgan fingerprint density at radius 3 is 2.28 bits per heavy atom. The van der Waals surface area contributed by atoms with Crippen LogP contribution in [0, 0.1) is 17.2 Å². The first-order valence-electron chi connectivity index (χ1n) is 8.23. The maximum absolute atomic E-state index is 12.3. The smallest absolute Gasteiger partial charge is 0.269 e. The Labute approximate surface area is 145 Å². The highest BCUT2D eigenvalue weighted by molar-refractivity contribution is 6.08. The molecule has 0 bridgehead atoms. The van der Waals surface area contributed by atoms with Crippen LogP contribution in [0.4, 0.5) is 5.69 Å². The van der Waals surface area contributed by atoms with Crippen molar-refractivity contribution in [3.05, 3.63) is 65.9 Å². The molecule has 1 saturated carbocycles. The van der Waals surface area contributed by atoms with Gasteiger partial charge in [0.1, 0.15) is 11.8 Å². The fraction of sp³-hybridized carbons (Fsp3) is 0.143. The van der Waals surface area contributed by atoms with E-state index in [1.807, 2.05) is 36.4 Å². The summed E-state index contributed by atoms with van der Waals surface area (Å²) in [6.07, 6.45) is 1.65. The van der Waals surface area contributed by atoms with Gasteiger partial charge in [0.05, 0.1) is 0 Å². The van der Waals surface area contributed by atoms with Crippen molar-refractivity contribution in [3.8, 4) is 6.07 Å². The highest BCUT2D eigenvalue weighted by atomic mass is 16.3. The fourth-order valence-corrected chi connectivity index (χ4v) is 3.00. The summed E-state index contributed by atoms with van der Waals surface area (Å²) in [6.45, 7) is 0. The van der Waals surface area contributed by atoms with E-state index in [4.69, 9.17) is 0 Å². The van der Waals surface area contributed by atoms with Gasteiger partial charge in [0.2, 0.25) is 0 Å². The lowest BCUT2D eigenvalue weighted by atomic mass is 10.0. The number of carbonyl (C=O) groups excluding carboxylic acids is 1. The summed E-state index contributed by atoms with van der Waals surface area (Å²) in [4.78, 5) is 12.3. The molecule has 3 aromatic rings. The second kappa shape index (κ2) is 5.95. The number of nitrogens with one attached hydrogen (secondary N) is 1. The largest absolute Gasteiger partial charge is 0.510 e. The van der Waals surface area contributed by atoms with Crippen LogP contribution in [0.2, 0.25) is 0 Å². The highest BCUT2D eigenvalue weighted by Gasteiger charge is 2.30. The van der Waals surface area contributed by atoms with E-state index < -0.39 is 5.91 Å². The lowest BCUT2D eigenvalue weighted by molar-refractivity contribution is -0.112. The number of nitrogens with zero attached hydrogens (tertiary/aromatic N) is 1. The summed E-state index contributed by atoms with van der Waals surface area (Å²) in [7, 11) is 0. The van der Waals surface area contributed by atoms with E-state index in [1.165, 1.54) is 0 Å². The Balaban J connectivity index is 1.67. The molecule has 4 nitrogen and oxygen atoms in total. The zero-order valence-electron chi connectivity index (χ0n) is 13.5. The summed E-state index contributed by atoms with van der Waals surface area (Å²) in [5.41, 5.74) is 0.408. The maximum Gasteiger partial charge on any atom is 0.269 e. The van der Waals surface area contributed by atoms with Crippen LogP contribution in [0.15, 0.2) is 65.9 Å². The SMILES string of the molecule is N#CC(C(=O)Nc1ccc2cc3ccccc3cc2c1)=C(O)C1CC1. The van der Waals surface area contributed by atoms with Crippen LogP contribution in [0.1, 0.15) is 12.8 Å². The van der Waals surface area contributed by atoms with Crippen LogP contribution >= 0.6 is 0 Å². The Kier molecular flexibility index (Phi) is 3.62. The normalized spacial score (nSPS) is 14.8. The number of benzene rings is 3. The molecule has 0 heterocycles. The third-order valence-electron chi connectivity index (χ3n) is 4.52. The van der Waals surface area contributed by atoms with Gasteiger partial charge in [-0.25, -0.2) is 0 Å². The highest BCUT2D eigenvalue weighted by Crippen LogP contribution is 2.36. The summed E-state index contributed by atoms with van der Waals surface area (Å²) in [5, 5.41) is 26.3. The number of aliphatic hydroxyl groups is 1. The van der Waals surface area contributed by atoms with E-state index in [-0.39, 0.29) is 17.3 Å². The van der Waals surface area contributed by atoms with Crippen LogP contribution in [-0.2, 0) is 4.79 Å². The van der Waals surface area contributed by atoms with E-state index in [9.17, 15) is 15.2 Å². The molecular formula is C21H16N2O2. The second-order valence-electron chi connectivity index (χ2n) is 6.36. The van der Waals surface area contributed by atoms with Crippen LogP contribution in [-0.4, -0.2) is 11.0 Å². The van der Waals surface area contributed by atoms with Crippen molar-refractivity contribution in [1.82, 2.24) is 0 Å². The number of anilines is 1. The van der Waals surface area contributed by atoms with E-state index in [2.05, 4.69) is 23.5 Å². The lowest BCUT2D eigenvalue weighted by Crippen LogP contribution is -2.15. The van der Waals surface area contributed by atoms with E-state index in [0.717, 1.165) is 34.4 Å². The summed E-state index contributed by atoms with van der Waals surface area (Å²) < 4.78 is 0. The van der Waals surface area contributed by atoms with Crippen LogP contribution in [0.25, 0.3) is 21.5 Å². The second-order valence-corrected chi connectivity index (χ2v) is 6.36. The van der Waals surface area contributed by atoms with Crippen molar-refractivity contribution >= 4 is 33.1 Å². The number of amides is 1. The average molecular weight is 328 g/mol. The van der Waals surface area contributed by atoms with Gasteiger partial charge in [-0.05, 0) is 58.7 Å². The predicted molar refractivity (Wildman–Crippen MR) is 98.1 cm³/mol. The van der Waals surface area contributed by atoms with Gasteiger partial charge >= 0.3 is 0 Å². The molecule has 1 aliphatic carbocycles. The van der Waals surface area contributed by atoms with Gasteiger partial charge in [-0.2, -0.15) is 5.26 Å². The van der Waals surface area contributed by atoms with Crippen molar-refractivity contribution in [3.63, 3.8) is 0 Å². The first-order chi connectivity index (χ1) is 12.2. The quantitative estimate of drug-likeness (QED) is 0.317. The van der Waals surface area contributed by atoms with Gasteiger partial charge in [0, 0.05) is 11.6 Å². The molecule has 0 unspecified atom stereocenters. The molecule has 3 aromatic carbocycles. The van der Waals surface area contributed by atoms with Crippen molar-refractivity contribution in [2.24, 2.45) is 5.92 Å². The number of hydrogen-bond donors (Lipinski definition) is 2.